The first-order valence-corrected chi connectivity index (χ1v) is 12.7. The highest BCUT2D eigenvalue weighted by Crippen LogP contribution is 2.32. The van der Waals surface area contributed by atoms with Crippen molar-refractivity contribution in [2.75, 3.05) is 39.2 Å². The molecule has 2 amide bonds. The van der Waals surface area contributed by atoms with Crippen molar-refractivity contribution in [3.8, 4) is 28.4 Å². The molecule has 1 unspecified atom stereocenters. The van der Waals surface area contributed by atoms with Gasteiger partial charge in [0.05, 0.1) is 38.0 Å². The summed E-state index contributed by atoms with van der Waals surface area (Å²) in [5.74, 6) is 0.803. The van der Waals surface area contributed by atoms with Gasteiger partial charge in [-0.15, -0.1) is 0 Å². The largest absolute Gasteiger partial charge is 0.493 e. The number of nitrogens with zero attached hydrogens (tertiary/aromatic N) is 3. The monoisotopic (exact) mass is 530 g/mol. The minimum Gasteiger partial charge on any atom is -0.493 e. The first-order valence-electron chi connectivity index (χ1n) is 12.7. The van der Waals surface area contributed by atoms with E-state index >= 15 is 0 Å². The summed E-state index contributed by atoms with van der Waals surface area (Å²) in [6.45, 7) is 0.732. The Morgan fingerprint density at radius 1 is 1.08 bits per heavy atom. The third kappa shape index (κ3) is 5.96. The molecule has 3 heterocycles. The number of anilines is 1. The number of methoxy groups -OCH3 is 2. The molecule has 1 N–H and O–H groups in total. The lowest BCUT2D eigenvalue weighted by Crippen LogP contribution is -2.42. The Morgan fingerprint density at radius 2 is 1.90 bits per heavy atom. The molecule has 2 aromatic heterocycles. The number of nitrogens with one attached hydrogen (secondary N) is 1. The number of amides is 2. The van der Waals surface area contributed by atoms with Crippen molar-refractivity contribution in [1.29, 1.82) is 0 Å². The fourth-order valence-corrected chi connectivity index (χ4v) is 4.54. The maximum absolute atomic E-state index is 13.3. The van der Waals surface area contributed by atoms with Gasteiger partial charge in [0.15, 0.2) is 17.3 Å². The van der Waals surface area contributed by atoms with Gasteiger partial charge < -0.3 is 23.5 Å². The summed E-state index contributed by atoms with van der Waals surface area (Å²) in [5.41, 5.74) is 2.27. The predicted molar refractivity (Wildman–Crippen MR) is 144 cm³/mol. The Morgan fingerprint density at radius 3 is 2.59 bits per heavy atom. The second-order valence-electron chi connectivity index (χ2n) is 9.07. The van der Waals surface area contributed by atoms with Crippen LogP contribution in [0.1, 0.15) is 23.4 Å². The van der Waals surface area contributed by atoms with Gasteiger partial charge in [0.25, 0.3) is 5.91 Å². The zero-order chi connectivity index (χ0) is 27.2. The number of rotatable bonds is 10. The summed E-state index contributed by atoms with van der Waals surface area (Å²) in [5, 5.41) is 2.90. The number of hydrogen-bond donors (Lipinski definition) is 1. The number of hydrogen-bond acceptors (Lipinski definition) is 7. The summed E-state index contributed by atoms with van der Waals surface area (Å²) >= 11 is 0. The Balaban J connectivity index is 1.43. The van der Waals surface area contributed by atoms with Gasteiger partial charge >= 0.3 is 0 Å². The normalized spacial score (nSPS) is 14.7. The first kappa shape index (κ1) is 26.1. The van der Waals surface area contributed by atoms with Crippen molar-refractivity contribution in [3.05, 3.63) is 78.9 Å². The lowest BCUT2D eigenvalue weighted by Gasteiger charge is -2.24. The molecular weight excluding hydrogens is 500 g/mol. The summed E-state index contributed by atoms with van der Waals surface area (Å²) < 4.78 is 23.6. The molecule has 5 rings (SSSR count). The van der Waals surface area contributed by atoms with Crippen LogP contribution in [-0.4, -0.2) is 66.3 Å². The predicted octanol–water partition coefficient (Wildman–Crippen LogP) is 4.41. The number of carbonyl (C=O) groups is 2. The highest BCUT2D eigenvalue weighted by molar-refractivity contribution is 5.97. The fourth-order valence-electron chi connectivity index (χ4n) is 4.54. The number of carbonyl (C=O) groups excluding carboxylic acids is 2. The van der Waals surface area contributed by atoms with Crippen LogP contribution in [0.15, 0.2) is 77.5 Å². The van der Waals surface area contributed by atoms with Crippen LogP contribution in [0.25, 0.3) is 16.9 Å². The number of imidazole rings is 1. The van der Waals surface area contributed by atoms with Crippen molar-refractivity contribution in [2.45, 2.75) is 18.9 Å². The number of ether oxygens (including phenoxy) is 3. The van der Waals surface area contributed by atoms with Crippen LogP contribution < -0.4 is 14.8 Å². The van der Waals surface area contributed by atoms with Crippen LogP contribution in [0.5, 0.6) is 11.5 Å². The Labute approximate surface area is 226 Å². The van der Waals surface area contributed by atoms with E-state index in [0.717, 1.165) is 18.4 Å². The minimum atomic E-state index is -0.403. The van der Waals surface area contributed by atoms with Crippen molar-refractivity contribution < 1.29 is 28.2 Å². The topological polar surface area (TPSA) is 108 Å². The Bertz CT molecular complexity index is 1410. The van der Waals surface area contributed by atoms with E-state index in [9.17, 15) is 9.59 Å². The van der Waals surface area contributed by atoms with Gasteiger partial charge in [-0.2, -0.15) is 0 Å². The van der Waals surface area contributed by atoms with Gasteiger partial charge in [-0.25, -0.2) is 4.98 Å². The van der Waals surface area contributed by atoms with Crippen molar-refractivity contribution in [1.82, 2.24) is 14.5 Å². The fraction of sp³-hybridized carbons (Fsp3) is 0.276. The number of aromatic nitrogens is 2. The Hall–Kier alpha value is -4.57. The molecule has 39 heavy (non-hydrogen) atoms. The third-order valence-electron chi connectivity index (χ3n) is 6.47. The van der Waals surface area contributed by atoms with E-state index in [0.29, 0.717) is 35.4 Å². The van der Waals surface area contributed by atoms with E-state index in [4.69, 9.17) is 23.6 Å². The third-order valence-corrected chi connectivity index (χ3v) is 6.47. The van der Waals surface area contributed by atoms with E-state index in [-0.39, 0.29) is 30.9 Å². The molecule has 0 spiro atoms. The quantitative estimate of drug-likeness (QED) is 0.324. The molecule has 202 valence electrons. The van der Waals surface area contributed by atoms with E-state index < -0.39 is 5.91 Å². The average Bonchev–Trinajstić information content (AvgIpc) is 3.75. The molecule has 10 heteroatoms. The van der Waals surface area contributed by atoms with Gasteiger partial charge in [-0.3, -0.25) is 19.5 Å². The summed E-state index contributed by atoms with van der Waals surface area (Å²) in [7, 11) is 3.13. The summed E-state index contributed by atoms with van der Waals surface area (Å²) in [4.78, 5) is 32.7. The summed E-state index contributed by atoms with van der Waals surface area (Å²) in [6.07, 6.45) is 4.89. The molecule has 10 nitrogen and oxygen atoms in total. The van der Waals surface area contributed by atoms with Crippen molar-refractivity contribution in [2.24, 2.45) is 0 Å². The van der Waals surface area contributed by atoms with Crippen LogP contribution in [0.4, 0.5) is 5.95 Å². The average molecular weight is 531 g/mol. The van der Waals surface area contributed by atoms with Gasteiger partial charge in [0.1, 0.15) is 6.54 Å². The molecule has 0 aliphatic carbocycles. The number of furan rings is 1. The smallest absolute Gasteiger partial charge is 0.290 e. The van der Waals surface area contributed by atoms with Crippen molar-refractivity contribution in [3.63, 3.8) is 0 Å². The Kier molecular flexibility index (Phi) is 7.93. The molecule has 4 aromatic rings. The molecular formula is C29H30N4O6. The van der Waals surface area contributed by atoms with Crippen LogP contribution in [0, 0.1) is 0 Å². The van der Waals surface area contributed by atoms with Crippen LogP contribution in [0.3, 0.4) is 0 Å². The lowest BCUT2D eigenvalue weighted by atomic mass is 10.2. The second-order valence-corrected chi connectivity index (χ2v) is 9.07. The molecule has 0 saturated carbocycles. The molecule has 1 atom stereocenters. The maximum Gasteiger partial charge on any atom is 0.290 e. The van der Waals surface area contributed by atoms with Gasteiger partial charge in [0, 0.05) is 31.0 Å². The van der Waals surface area contributed by atoms with Gasteiger partial charge in [0.2, 0.25) is 11.9 Å². The van der Waals surface area contributed by atoms with E-state index in [1.165, 1.54) is 11.2 Å². The van der Waals surface area contributed by atoms with E-state index in [1.54, 1.807) is 43.1 Å². The SMILES string of the molecule is COc1ccc(-n2cc(-c3ccccc3)nc2NC(=O)CN(CC2CCCO2)C(=O)c2ccco2)cc1OC. The molecule has 1 fully saturated rings. The molecule has 0 radical (unpaired) electrons. The van der Waals surface area contributed by atoms with Crippen LogP contribution in [0.2, 0.25) is 0 Å². The standard InChI is InChI=1S/C29H30N4O6/c1-36-24-13-12-21(16-26(24)37-2)33-18-23(20-8-4-3-5-9-20)30-29(33)31-27(34)19-32(17-22-10-6-14-38-22)28(35)25-11-7-15-39-25/h3-5,7-9,11-13,15-16,18,22H,6,10,14,17,19H2,1-2H3,(H,30,31,34). The lowest BCUT2D eigenvalue weighted by molar-refractivity contribution is -0.117. The maximum atomic E-state index is 13.3. The van der Waals surface area contributed by atoms with Crippen molar-refractivity contribution >= 4 is 17.8 Å². The first-order chi connectivity index (χ1) is 19.1. The summed E-state index contributed by atoms with van der Waals surface area (Å²) in [6, 6.07) is 18.3. The molecule has 1 aliphatic heterocycles. The zero-order valence-corrected chi connectivity index (χ0v) is 21.8. The van der Waals surface area contributed by atoms with E-state index in [2.05, 4.69) is 5.32 Å². The molecule has 1 saturated heterocycles. The molecule has 0 bridgehead atoms. The zero-order valence-electron chi connectivity index (χ0n) is 21.8. The minimum absolute atomic E-state index is 0.129. The molecule has 1 aliphatic rings. The van der Waals surface area contributed by atoms with Gasteiger partial charge in [-0.1, -0.05) is 30.3 Å². The van der Waals surface area contributed by atoms with Gasteiger partial charge in [-0.05, 0) is 37.1 Å². The van der Waals surface area contributed by atoms with Crippen LogP contribution in [-0.2, 0) is 9.53 Å². The highest BCUT2D eigenvalue weighted by atomic mass is 16.5. The molecule has 2 aromatic carbocycles. The number of benzene rings is 2. The second kappa shape index (κ2) is 11.9. The van der Waals surface area contributed by atoms with E-state index in [1.807, 2.05) is 42.6 Å². The van der Waals surface area contributed by atoms with Crippen LogP contribution >= 0.6 is 0 Å². The highest BCUT2D eigenvalue weighted by Gasteiger charge is 2.27.